The van der Waals surface area contributed by atoms with E-state index in [1.807, 2.05) is 0 Å². The van der Waals surface area contributed by atoms with Crippen molar-refractivity contribution in [3.05, 3.63) is 0 Å². The van der Waals surface area contributed by atoms with Gasteiger partial charge in [-0.1, -0.05) is 0 Å². The lowest BCUT2D eigenvalue weighted by atomic mass is 10.0. The zero-order valence-corrected chi connectivity index (χ0v) is 9.02. The molecule has 1 rings (SSSR count). The highest BCUT2D eigenvalue weighted by atomic mass is 16.7. The van der Waals surface area contributed by atoms with Gasteiger partial charge >= 0.3 is 5.97 Å². The van der Waals surface area contributed by atoms with Crippen LogP contribution in [0.3, 0.4) is 0 Å². The van der Waals surface area contributed by atoms with Crippen molar-refractivity contribution in [2.24, 2.45) is 5.92 Å². The van der Waals surface area contributed by atoms with E-state index in [4.69, 9.17) is 14.2 Å². The monoisotopic (exact) mass is 216 g/mol. The molecule has 0 aliphatic carbocycles. The summed E-state index contributed by atoms with van der Waals surface area (Å²) in [6.07, 6.45) is 0.781. The summed E-state index contributed by atoms with van der Waals surface area (Å²) in [5, 5.41) is 0. The van der Waals surface area contributed by atoms with Crippen molar-refractivity contribution < 1.29 is 23.8 Å². The number of ether oxygens (including phenoxy) is 3. The minimum atomic E-state index is -0.835. The van der Waals surface area contributed by atoms with Gasteiger partial charge in [-0.05, 0) is 13.8 Å². The van der Waals surface area contributed by atoms with E-state index in [9.17, 15) is 9.59 Å². The Kier molecular flexibility index (Phi) is 4.23. The van der Waals surface area contributed by atoms with Crippen molar-refractivity contribution in [1.29, 1.82) is 0 Å². The zero-order valence-electron chi connectivity index (χ0n) is 9.02. The van der Waals surface area contributed by atoms with Crippen LogP contribution in [0.25, 0.3) is 0 Å². The van der Waals surface area contributed by atoms with E-state index in [0.29, 0.717) is 19.5 Å². The molecule has 15 heavy (non-hydrogen) atoms. The molecule has 5 heteroatoms. The first-order valence-corrected chi connectivity index (χ1v) is 5.01. The molecular formula is C10H16O5. The Labute approximate surface area is 88.7 Å². The number of hydrogen-bond acceptors (Lipinski definition) is 5. The molecule has 0 radical (unpaired) electrons. The molecule has 0 bridgehead atoms. The first kappa shape index (κ1) is 12.1. The number of esters is 1. The lowest BCUT2D eigenvalue weighted by molar-refractivity contribution is -0.171. The van der Waals surface area contributed by atoms with Crippen LogP contribution in [0.15, 0.2) is 0 Å². The lowest BCUT2D eigenvalue weighted by Gasteiger charge is -2.24. The maximum Gasteiger partial charge on any atom is 0.316 e. The van der Waals surface area contributed by atoms with Gasteiger partial charge in [-0.3, -0.25) is 4.79 Å². The number of hydrogen-bond donors (Lipinski definition) is 0. The molecule has 5 nitrogen and oxygen atoms in total. The van der Waals surface area contributed by atoms with Crippen molar-refractivity contribution in [3.8, 4) is 0 Å². The molecule has 1 unspecified atom stereocenters. The SMILES string of the molecule is CCOC(=O)C(C=O)CC1(C)OCCO1. The standard InChI is InChI=1S/C10H16O5/c1-3-13-9(12)8(7-11)6-10(2)14-4-5-15-10/h7-8H,3-6H2,1-2H3. The fourth-order valence-corrected chi connectivity index (χ4v) is 1.51. The minimum absolute atomic E-state index is 0.204. The predicted octanol–water partition coefficient (Wildman–Crippen LogP) is 0.518. The Hall–Kier alpha value is -0.940. The van der Waals surface area contributed by atoms with Crippen molar-refractivity contribution in [1.82, 2.24) is 0 Å². The van der Waals surface area contributed by atoms with E-state index in [1.54, 1.807) is 13.8 Å². The van der Waals surface area contributed by atoms with Crippen LogP contribution in [0, 0.1) is 5.92 Å². The van der Waals surface area contributed by atoms with Crippen LogP contribution in [-0.2, 0) is 23.8 Å². The molecule has 1 fully saturated rings. The number of carbonyl (C=O) groups is 2. The molecular weight excluding hydrogens is 200 g/mol. The molecule has 1 atom stereocenters. The lowest BCUT2D eigenvalue weighted by Crippen LogP contribution is -2.33. The van der Waals surface area contributed by atoms with Crippen LogP contribution >= 0.6 is 0 Å². The fourth-order valence-electron chi connectivity index (χ4n) is 1.51. The van der Waals surface area contributed by atoms with Crippen LogP contribution in [0.2, 0.25) is 0 Å². The zero-order chi connectivity index (χ0) is 11.3. The second-order valence-electron chi connectivity index (χ2n) is 3.53. The third kappa shape index (κ3) is 3.28. The summed E-state index contributed by atoms with van der Waals surface area (Å²) >= 11 is 0. The highest BCUT2D eigenvalue weighted by Gasteiger charge is 2.36. The van der Waals surface area contributed by atoms with Crippen LogP contribution in [-0.4, -0.2) is 37.9 Å². The van der Waals surface area contributed by atoms with Crippen molar-refractivity contribution >= 4 is 12.3 Å². The predicted molar refractivity (Wildman–Crippen MR) is 51.1 cm³/mol. The Morgan fingerprint density at radius 1 is 1.53 bits per heavy atom. The van der Waals surface area contributed by atoms with E-state index in [0.717, 1.165) is 0 Å². The molecule has 0 saturated carbocycles. The Balaban J connectivity index is 2.52. The molecule has 1 aliphatic heterocycles. The Morgan fingerprint density at radius 2 is 2.13 bits per heavy atom. The maximum atomic E-state index is 11.3. The third-order valence-corrected chi connectivity index (χ3v) is 2.24. The van der Waals surface area contributed by atoms with Gasteiger partial charge in [-0.25, -0.2) is 0 Å². The quantitative estimate of drug-likeness (QED) is 0.381. The molecule has 1 heterocycles. The van der Waals surface area contributed by atoms with Crippen LogP contribution < -0.4 is 0 Å². The topological polar surface area (TPSA) is 61.8 Å². The molecule has 0 spiro atoms. The van der Waals surface area contributed by atoms with Crippen LogP contribution in [0.4, 0.5) is 0 Å². The van der Waals surface area contributed by atoms with Crippen molar-refractivity contribution in [2.75, 3.05) is 19.8 Å². The van der Waals surface area contributed by atoms with Crippen molar-refractivity contribution in [2.45, 2.75) is 26.1 Å². The summed E-state index contributed by atoms with van der Waals surface area (Å²) in [4.78, 5) is 22.1. The molecule has 0 aromatic carbocycles. The smallest absolute Gasteiger partial charge is 0.316 e. The molecule has 0 N–H and O–H groups in total. The Morgan fingerprint density at radius 3 is 2.60 bits per heavy atom. The van der Waals surface area contributed by atoms with E-state index in [2.05, 4.69) is 0 Å². The Bertz CT molecular complexity index is 232. The van der Waals surface area contributed by atoms with E-state index in [1.165, 1.54) is 0 Å². The molecule has 0 aromatic rings. The molecule has 0 aromatic heterocycles. The van der Waals surface area contributed by atoms with Gasteiger partial charge in [0.1, 0.15) is 12.2 Å². The number of aldehydes is 1. The van der Waals surface area contributed by atoms with Gasteiger partial charge in [0, 0.05) is 6.42 Å². The summed E-state index contributed by atoms with van der Waals surface area (Å²) < 4.78 is 15.4. The van der Waals surface area contributed by atoms with Crippen LogP contribution in [0.1, 0.15) is 20.3 Å². The summed E-state index contributed by atoms with van der Waals surface area (Å²) in [6.45, 7) is 4.66. The van der Waals surface area contributed by atoms with Gasteiger partial charge < -0.3 is 19.0 Å². The van der Waals surface area contributed by atoms with Gasteiger partial charge in [0.15, 0.2) is 5.79 Å². The van der Waals surface area contributed by atoms with E-state index < -0.39 is 17.7 Å². The first-order chi connectivity index (χ1) is 7.11. The largest absolute Gasteiger partial charge is 0.465 e. The summed E-state index contributed by atoms with van der Waals surface area (Å²) in [5.74, 6) is -2.17. The molecule has 1 saturated heterocycles. The minimum Gasteiger partial charge on any atom is -0.465 e. The summed E-state index contributed by atoms with van der Waals surface area (Å²) in [5.41, 5.74) is 0. The fraction of sp³-hybridized carbons (Fsp3) is 0.800. The van der Waals surface area contributed by atoms with Gasteiger partial charge in [-0.2, -0.15) is 0 Å². The van der Waals surface area contributed by atoms with Gasteiger partial charge in [0.05, 0.1) is 19.8 Å². The molecule has 0 amide bonds. The third-order valence-electron chi connectivity index (χ3n) is 2.24. The first-order valence-electron chi connectivity index (χ1n) is 5.01. The second kappa shape index (κ2) is 5.23. The van der Waals surface area contributed by atoms with Crippen molar-refractivity contribution in [3.63, 3.8) is 0 Å². The summed E-state index contributed by atoms with van der Waals surface area (Å²) in [7, 11) is 0. The normalized spacial score (nSPS) is 20.9. The highest BCUT2D eigenvalue weighted by molar-refractivity contribution is 5.87. The molecule has 1 aliphatic rings. The summed E-state index contributed by atoms with van der Waals surface area (Å²) in [6, 6.07) is 0. The van der Waals surface area contributed by atoms with Gasteiger partial charge in [0.25, 0.3) is 0 Å². The molecule has 86 valence electrons. The van der Waals surface area contributed by atoms with Gasteiger partial charge in [0.2, 0.25) is 0 Å². The van der Waals surface area contributed by atoms with E-state index >= 15 is 0 Å². The maximum absolute atomic E-state index is 11.3. The number of carbonyl (C=O) groups excluding carboxylic acids is 2. The average molecular weight is 216 g/mol. The van der Waals surface area contributed by atoms with Crippen LogP contribution in [0.5, 0.6) is 0 Å². The second-order valence-corrected chi connectivity index (χ2v) is 3.53. The van der Waals surface area contributed by atoms with E-state index in [-0.39, 0.29) is 13.0 Å². The van der Waals surface area contributed by atoms with Gasteiger partial charge in [-0.15, -0.1) is 0 Å². The highest BCUT2D eigenvalue weighted by Crippen LogP contribution is 2.26. The average Bonchev–Trinajstić information content (AvgIpc) is 2.62. The number of rotatable bonds is 5.